The third-order valence-electron chi connectivity index (χ3n) is 3.87. The van der Waals surface area contributed by atoms with Crippen LogP contribution in [0.15, 0.2) is 48.5 Å². The number of fused-ring (bicyclic) bond motifs is 1. The van der Waals surface area contributed by atoms with E-state index in [-0.39, 0.29) is 0 Å². The van der Waals surface area contributed by atoms with E-state index in [2.05, 4.69) is 15.3 Å². The molecule has 4 rings (SSSR count). The van der Waals surface area contributed by atoms with E-state index in [4.69, 9.17) is 9.47 Å². The Morgan fingerprint density at radius 3 is 2.50 bits per heavy atom. The first-order valence-electron chi connectivity index (χ1n) is 7.96. The Balaban J connectivity index is 1.69. The smallest absolute Gasteiger partial charge is 0.235 e. The molecule has 6 nitrogen and oxygen atoms in total. The van der Waals surface area contributed by atoms with E-state index < -0.39 is 0 Å². The zero-order valence-corrected chi connectivity index (χ0v) is 15.1. The van der Waals surface area contributed by atoms with Gasteiger partial charge in [0, 0.05) is 5.56 Å². The first-order valence-corrected chi connectivity index (χ1v) is 8.78. The molecular weight excluding hydrogens is 348 g/mol. The average Bonchev–Trinajstić information content (AvgIpc) is 3.27. The van der Waals surface area contributed by atoms with E-state index in [9.17, 15) is 0 Å². The third-order valence-corrected chi connectivity index (χ3v) is 4.73. The number of benzene rings is 2. The van der Waals surface area contributed by atoms with Gasteiger partial charge >= 0.3 is 0 Å². The second-order valence-corrected chi connectivity index (χ2v) is 6.46. The summed E-state index contributed by atoms with van der Waals surface area (Å²) in [5.74, 6) is 1.97. The van der Waals surface area contributed by atoms with Crippen molar-refractivity contribution in [3.05, 3.63) is 59.1 Å². The molecule has 130 valence electrons. The van der Waals surface area contributed by atoms with Crippen molar-refractivity contribution in [1.82, 2.24) is 19.8 Å². The number of hydrogen-bond acceptors (Lipinski definition) is 6. The molecule has 0 atom stereocenters. The molecule has 0 saturated carbocycles. The number of hydrogen-bond donors (Lipinski definition) is 0. The van der Waals surface area contributed by atoms with Gasteiger partial charge in [-0.15, -0.1) is 10.2 Å². The number of ether oxygens (including phenoxy) is 2. The Morgan fingerprint density at radius 1 is 0.923 bits per heavy atom. The van der Waals surface area contributed by atoms with Crippen molar-refractivity contribution in [2.75, 3.05) is 14.2 Å². The molecule has 0 N–H and O–H groups in total. The standard InChI is InChI=1S/C19H16N4O2S/c1-24-15-10-9-14(12-16(15)25-2)18-20-21-19-23(18)22-17(26-19)11-8-13-6-4-3-5-7-13/h3-12H,1-2H3/b11-8-. The predicted octanol–water partition coefficient (Wildman–Crippen LogP) is 4.04. The Labute approximate surface area is 154 Å². The highest BCUT2D eigenvalue weighted by Crippen LogP contribution is 2.32. The fraction of sp³-hybridized carbons (Fsp3) is 0.105. The van der Waals surface area contributed by atoms with Crippen molar-refractivity contribution in [3.63, 3.8) is 0 Å². The van der Waals surface area contributed by atoms with Crippen molar-refractivity contribution in [2.45, 2.75) is 0 Å². The Hall–Kier alpha value is -3.19. The Kier molecular flexibility index (Phi) is 4.37. The molecule has 0 bridgehead atoms. The first-order chi connectivity index (χ1) is 12.8. The van der Waals surface area contributed by atoms with Gasteiger partial charge in [-0.3, -0.25) is 0 Å². The van der Waals surface area contributed by atoms with Crippen LogP contribution in [0.4, 0.5) is 0 Å². The molecule has 0 unspecified atom stereocenters. The van der Waals surface area contributed by atoms with Gasteiger partial charge in [-0.2, -0.15) is 9.61 Å². The monoisotopic (exact) mass is 364 g/mol. The van der Waals surface area contributed by atoms with E-state index in [0.717, 1.165) is 21.1 Å². The minimum Gasteiger partial charge on any atom is -0.493 e. The summed E-state index contributed by atoms with van der Waals surface area (Å²) in [6.07, 6.45) is 4.01. The fourth-order valence-corrected chi connectivity index (χ4v) is 3.33. The molecule has 0 saturated heterocycles. The second kappa shape index (κ2) is 6.97. The van der Waals surface area contributed by atoms with E-state index in [1.165, 1.54) is 11.3 Å². The van der Waals surface area contributed by atoms with Crippen molar-refractivity contribution < 1.29 is 9.47 Å². The van der Waals surface area contributed by atoms with Gasteiger partial charge in [-0.05, 0) is 29.8 Å². The molecule has 0 aliphatic rings. The van der Waals surface area contributed by atoms with Crippen LogP contribution >= 0.6 is 11.3 Å². The van der Waals surface area contributed by atoms with Gasteiger partial charge in [-0.25, -0.2) is 0 Å². The highest BCUT2D eigenvalue weighted by molar-refractivity contribution is 7.17. The highest BCUT2D eigenvalue weighted by atomic mass is 32.1. The molecule has 0 radical (unpaired) electrons. The summed E-state index contributed by atoms with van der Waals surface area (Å²) in [5, 5.41) is 14.0. The lowest BCUT2D eigenvalue weighted by Crippen LogP contribution is -1.94. The summed E-state index contributed by atoms with van der Waals surface area (Å²) in [5.41, 5.74) is 1.98. The lowest BCUT2D eigenvalue weighted by molar-refractivity contribution is 0.355. The van der Waals surface area contributed by atoms with Crippen LogP contribution in [-0.2, 0) is 0 Å². The molecular formula is C19H16N4O2S. The van der Waals surface area contributed by atoms with Crippen LogP contribution in [0, 0.1) is 0 Å². The van der Waals surface area contributed by atoms with Crippen LogP contribution in [0.5, 0.6) is 11.5 Å². The summed E-state index contributed by atoms with van der Waals surface area (Å²) in [6.45, 7) is 0. The molecule has 0 aliphatic heterocycles. The van der Waals surface area contributed by atoms with Crippen LogP contribution in [0.2, 0.25) is 0 Å². The van der Waals surface area contributed by atoms with E-state index in [1.54, 1.807) is 18.7 Å². The van der Waals surface area contributed by atoms with E-state index in [0.29, 0.717) is 17.3 Å². The third kappa shape index (κ3) is 3.04. The summed E-state index contributed by atoms with van der Waals surface area (Å²) in [7, 11) is 3.22. The van der Waals surface area contributed by atoms with Crippen molar-refractivity contribution >= 4 is 28.4 Å². The lowest BCUT2D eigenvalue weighted by atomic mass is 10.2. The maximum absolute atomic E-state index is 5.37. The number of aromatic nitrogens is 4. The number of nitrogens with zero attached hydrogens (tertiary/aromatic N) is 4. The van der Waals surface area contributed by atoms with Gasteiger partial charge in [0.25, 0.3) is 0 Å². The van der Waals surface area contributed by atoms with Crippen LogP contribution in [-0.4, -0.2) is 34.0 Å². The summed E-state index contributed by atoms with van der Waals surface area (Å²) in [6, 6.07) is 15.7. The fourth-order valence-electron chi connectivity index (χ4n) is 2.59. The lowest BCUT2D eigenvalue weighted by Gasteiger charge is -2.08. The Morgan fingerprint density at radius 2 is 1.73 bits per heavy atom. The van der Waals surface area contributed by atoms with Crippen molar-refractivity contribution in [2.24, 2.45) is 0 Å². The minimum absolute atomic E-state index is 0.640. The summed E-state index contributed by atoms with van der Waals surface area (Å²) < 4.78 is 12.4. The van der Waals surface area contributed by atoms with Crippen molar-refractivity contribution in [1.29, 1.82) is 0 Å². The van der Waals surface area contributed by atoms with Gasteiger partial charge in [0.1, 0.15) is 5.01 Å². The molecule has 4 aromatic rings. The van der Waals surface area contributed by atoms with Gasteiger partial charge < -0.3 is 9.47 Å². The van der Waals surface area contributed by atoms with Crippen LogP contribution in [0.1, 0.15) is 10.6 Å². The average molecular weight is 364 g/mol. The molecule has 0 spiro atoms. The van der Waals surface area contributed by atoms with Gasteiger partial charge in [-0.1, -0.05) is 47.7 Å². The van der Waals surface area contributed by atoms with Gasteiger partial charge in [0.15, 0.2) is 17.3 Å². The molecule has 0 amide bonds. The zero-order chi connectivity index (χ0) is 17.9. The summed E-state index contributed by atoms with van der Waals surface area (Å²) in [4.78, 5) is 0.738. The molecule has 7 heteroatoms. The van der Waals surface area contributed by atoms with Gasteiger partial charge in [0.2, 0.25) is 4.96 Å². The quantitative estimate of drug-likeness (QED) is 0.535. The topological polar surface area (TPSA) is 61.5 Å². The maximum Gasteiger partial charge on any atom is 0.235 e. The van der Waals surface area contributed by atoms with Crippen LogP contribution in [0.3, 0.4) is 0 Å². The second-order valence-electron chi connectivity index (χ2n) is 5.47. The Bertz CT molecular complexity index is 1070. The van der Waals surface area contributed by atoms with Crippen LogP contribution in [0.25, 0.3) is 28.5 Å². The number of rotatable bonds is 5. The largest absolute Gasteiger partial charge is 0.493 e. The molecule has 26 heavy (non-hydrogen) atoms. The van der Waals surface area contributed by atoms with E-state index in [1.807, 2.05) is 60.7 Å². The minimum atomic E-state index is 0.640. The molecule has 2 heterocycles. The zero-order valence-electron chi connectivity index (χ0n) is 14.3. The van der Waals surface area contributed by atoms with Crippen molar-refractivity contribution in [3.8, 4) is 22.9 Å². The maximum atomic E-state index is 5.37. The molecule has 2 aromatic carbocycles. The summed E-state index contributed by atoms with van der Waals surface area (Å²) >= 11 is 1.49. The number of methoxy groups -OCH3 is 2. The first kappa shape index (κ1) is 16.3. The predicted molar refractivity (Wildman–Crippen MR) is 103 cm³/mol. The SMILES string of the molecule is COc1ccc(-c2nnc3sc(/C=C\c4ccccc4)nn23)cc1OC. The van der Waals surface area contributed by atoms with Gasteiger partial charge in [0.05, 0.1) is 14.2 Å². The normalized spacial score (nSPS) is 11.3. The molecule has 0 fully saturated rings. The molecule has 2 aromatic heterocycles. The molecule has 0 aliphatic carbocycles. The van der Waals surface area contributed by atoms with E-state index >= 15 is 0 Å². The highest BCUT2D eigenvalue weighted by Gasteiger charge is 2.14. The van der Waals surface area contributed by atoms with Crippen LogP contribution < -0.4 is 9.47 Å².